The van der Waals surface area contributed by atoms with Gasteiger partial charge in [0, 0.05) is 29.6 Å². The fourth-order valence-electron chi connectivity index (χ4n) is 2.36. The number of rotatable bonds is 5. The molecule has 2 amide bonds. The molecule has 1 heterocycles. The first-order chi connectivity index (χ1) is 10.0. The van der Waals surface area contributed by atoms with Crippen LogP contribution < -0.4 is 10.2 Å². The molecule has 4 nitrogen and oxygen atoms in total. The van der Waals surface area contributed by atoms with Crippen molar-refractivity contribution in [1.82, 2.24) is 5.32 Å². The van der Waals surface area contributed by atoms with Gasteiger partial charge in [0.05, 0.1) is 5.92 Å². The molecule has 2 unspecified atom stereocenters. The maximum atomic E-state index is 12.1. The molecule has 0 saturated carbocycles. The third-order valence-electron chi connectivity index (χ3n) is 3.88. The minimum Gasteiger partial charge on any atom is -0.353 e. The van der Waals surface area contributed by atoms with Gasteiger partial charge in [0.1, 0.15) is 0 Å². The van der Waals surface area contributed by atoms with E-state index in [1.165, 1.54) is 0 Å². The number of benzene rings is 1. The molecule has 114 valence electrons. The first kappa shape index (κ1) is 15.9. The summed E-state index contributed by atoms with van der Waals surface area (Å²) < 4.78 is 0. The Balaban J connectivity index is 2.03. The smallest absolute Gasteiger partial charge is 0.227 e. The number of hydrogen-bond acceptors (Lipinski definition) is 3. The van der Waals surface area contributed by atoms with Crippen molar-refractivity contribution < 1.29 is 9.59 Å². The lowest BCUT2D eigenvalue weighted by atomic mass is 10.1. The fraction of sp³-hybridized carbons (Fsp3) is 0.500. The van der Waals surface area contributed by atoms with Gasteiger partial charge >= 0.3 is 0 Å². The number of thioether (sulfide) groups is 1. The Kier molecular flexibility index (Phi) is 5.28. The molecule has 2 rings (SSSR count). The summed E-state index contributed by atoms with van der Waals surface area (Å²) in [5, 5.41) is 2.96. The second kappa shape index (κ2) is 6.98. The minimum atomic E-state index is -0.244. The van der Waals surface area contributed by atoms with Gasteiger partial charge in [0.15, 0.2) is 0 Å². The lowest BCUT2D eigenvalue weighted by Gasteiger charge is -2.18. The standard InChI is InChI=1S/C16H22N2O2S/c1-4-11(2)17-16(20)12-9-15(19)18(10-12)13-5-7-14(21-3)8-6-13/h5-8,11-12H,4,9-10H2,1-3H3,(H,17,20). The molecule has 5 heteroatoms. The molecule has 1 aromatic carbocycles. The Morgan fingerprint density at radius 1 is 1.43 bits per heavy atom. The van der Waals surface area contributed by atoms with Crippen molar-refractivity contribution >= 4 is 29.3 Å². The summed E-state index contributed by atoms with van der Waals surface area (Å²) in [6.45, 7) is 4.48. The van der Waals surface area contributed by atoms with E-state index in [9.17, 15) is 9.59 Å². The van der Waals surface area contributed by atoms with Crippen molar-refractivity contribution in [3.05, 3.63) is 24.3 Å². The molecule has 1 N–H and O–H groups in total. The molecular weight excluding hydrogens is 284 g/mol. The third-order valence-corrected chi connectivity index (χ3v) is 4.62. The van der Waals surface area contributed by atoms with Gasteiger partial charge in [-0.3, -0.25) is 9.59 Å². The molecule has 0 spiro atoms. The summed E-state index contributed by atoms with van der Waals surface area (Å²) in [5.74, 6) is -0.233. The van der Waals surface area contributed by atoms with Crippen molar-refractivity contribution in [3.63, 3.8) is 0 Å². The van der Waals surface area contributed by atoms with Gasteiger partial charge in [-0.1, -0.05) is 6.92 Å². The van der Waals surface area contributed by atoms with Crippen LogP contribution >= 0.6 is 11.8 Å². The van der Waals surface area contributed by atoms with Gasteiger partial charge in [-0.2, -0.15) is 0 Å². The molecule has 1 fully saturated rings. The van der Waals surface area contributed by atoms with Crippen LogP contribution in [0.5, 0.6) is 0 Å². The van der Waals surface area contributed by atoms with Crippen molar-refractivity contribution in [2.45, 2.75) is 37.6 Å². The third kappa shape index (κ3) is 3.79. The lowest BCUT2D eigenvalue weighted by molar-refractivity contribution is -0.126. The Morgan fingerprint density at radius 3 is 2.67 bits per heavy atom. The number of carbonyl (C=O) groups is 2. The van der Waals surface area contributed by atoms with Gasteiger partial charge in [0.2, 0.25) is 11.8 Å². The Bertz CT molecular complexity index is 516. The number of anilines is 1. The van der Waals surface area contributed by atoms with E-state index in [0.717, 1.165) is 17.0 Å². The van der Waals surface area contributed by atoms with Gasteiger partial charge < -0.3 is 10.2 Å². The summed E-state index contributed by atoms with van der Waals surface area (Å²) in [6.07, 6.45) is 3.21. The minimum absolute atomic E-state index is 0.0130. The highest BCUT2D eigenvalue weighted by Crippen LogP contribution is 2.27. The second-order valence-corrected chi connectivity index (χ2v) is 6.30. The SMILES string of the molecule is CCC(C)NC(=O)C1CC(=O)N(c2ccc(SC)cc2)C1. The molecule has 1 aromatic rings. The van der Waals surface area contributed by atoms with Gasteiger partial charge in [-0.15, -0.1) is 11.8 Å². The highest BCUT2D eigenvalue weighted by Gasteiger charge is 2.35. The zero-order valence-electron chi connectivity index (χ0n) is 12.8. The summed E-state index contributed by atoms with van der Waals surface area (Å²) in [4.78, 5) is 27.2. The summed E-state index contributed by atoms with van der Waals surface area (Å²) in [5.41, 5.74) is 0.872. The van der Waals surface area contributed by atoms with Gasteiger partial charge in [0.25, 0.3) is 0 Å². The Morgan fingerprint density at radius 2 is 2.10 bits per heavy atom. The molecular formula is C16H22N2O2S. The Hall–Kier alpha value is -1.49. The molecule has 1 aliphatic heterocycles. The first-order valence-corrected chi connectivity index (χ1v) is 8.52. The zero-order chi connectivity index (χ0) is 15.4. The number of nitrogens with one attached hydrogen (secondary N) is 1. The van der Waals surface area contributed by atoms with Crippen LogP contribution in [0.1, 0.15) is 26.7 Å². The molecule has 2 atom stereocenters. The molecule has 0 bridgehead atoms. The monoisotopic (exact) mass is 306 g/mol. The maximum Gasteiger partial charge on any atom is 0.227 e. The molecule has 1 saturated heterocycles. The van der Waals surface area contributed by atoms with E-state index in [1.54, 1.807) is 16.7 Å². The Labute approximate surface area is 130 Å². The van der Waals surface area contributed by atoms with Crippen LogP contribution in [0.3, 0.4) is 0 Å². The molecule has 21 heavy (non-hydrogen) atoms. The average molecular weight is 306 g/mol. The molecule has 1 aliphatic rings. The fourth-order valence-corrected chi connectivity index (χ4v) is 2.77. The average Bonchev–Trinajstić information content (AvgIpc) is 2.89. The van der Waals surface area contributed by atoms with Crippen molar-refractivity contribution in [3.8, 4) is 0 Å². The van der Waals surface area contributed by atoms with Gasteiger partial charge in [-0.05, 0) is 43.9 Å². The highest BCUT2D eigenvalue weighted by molar-refractivity contribution is 7.98. The van der Waals surface area contributed by atoms with Crippen LogP contribution in [0.2, 0.25) is 0 Å². The lowest BCUT2D eigenvalue weighted by Crippen LogP contribution is -2.38. The van der Waals surface area contributed by atoms with E-state index < -0.39 is 0 Å². The summed E-state index contributed by atoms with van der Waals surface area (Å²) >= 11 is 1.67. The van der Waals surface area contributed by atoms with E-state index >= 15 is 0 Å². The zero-order valence-corrected chi connectivity index (χ0v) is 13.6. The summed E-state index contributed by atoms with van der Waals surface area (Å²) in [6, 6.07) is 8.04. The van der Waals surface area contributed by atoms with E-state index in [0.29, 0.717) is 13.0 Å². The predicted molar refractivity (Wildman–Crippen MR) is 86.6 cm³/mol. The maximum absolute atomic E-state index is 12.1. The quantitative estimate of drug-likeness (QED) is 0.851. The predicted octanol–water partition coefficient (Wildman–Crippen LogP) is 2.68. The summed E-state index contributed by atoms with van der Waals surface area (Å²) in [7, 11) is 0. The number of hydrogen-bond donors (Lipinski definition) is 1. The number of amides is 2. The molecule has 0 aliphatic carbocycles. The first-order valence-electron chi connectivity index (χ1n) is 7.30. The normalized spacial score (nSPS) is 19.7. The molecule has 0 radical (unpaired) electrons. The van der Waals surface area contributed by atoms with Gasteiger partial charge in [-0.25, -0.2) is 0 Å². The topological polar surface area (TPSA) is 49.4 Å². The van der Waals surface area contributed by atoms with Crippen LogP contribution in [-0.2, 0) is 9.59 Å². The van der Waals surface area contributed by atoms with Crippen molar-refractivity contribution in [2.24, 2.45) is 5.92 Å². The van der Waals surface area contributed by atoms with Crippen molar-refractivity contribution in [1.29, 1.82) is 0 Å². The van der Waals surface area contributed by atoms with E-state index in [2.05, 4.69) is 5.32 Å². The molecule has 0 aromatic heterocycles. The van der Waals surface area contributed by atoms with E-state index in [1.807, 2.05) is 44.4 Å². The van der Waals surface area contributed by atoms with Crippen LogP contribution in [0.15, 0.2) is 29.2 Å². The van der Waals surface area contributed by atoms with Crippen LogP contribution in [-0.4, -0.2) is 30.7 Å². The highest BCUT2D eigenvalue weighted by atomic mass is 32.2. The van der Waals surface area contributed by atoms with Crippen molar-refractivity contribution in [2.75, 3.05) is 17.7 Å². The number of nitrogens with zero attached hydrogens (tertiary/aromatic N) is 1. The van der Waals surface area contributed by atoms with Crippen LogP contribution in [0, 0.1) is 5.92 Å². The second-order valence-electron chi connectivity index (χ2n) is 5.42. The van der Waals surface area contributed by atoms with E-state index in [4.69, 9.17) is 0 Å². The van der Waals surface area contributed by atoms with E-state index in [-0.39, 0.29) is 23.8 Å². The number of carbonyl (C=O) groups excluding carboxylic acids is 2. The van der Waals surface area contributed by atoms with Crippen LogP contribution in [0.25, 0.3) is 0 Å². The largest absolute Gasteiger partial charge is 0.353 e. The van der Waals surface area contributed by atoms with Crippen LogP contribution in [0.4, 0.5) is 5.69 Å².